The van der Waals surface area contributed by atoms with Gasteiger partial charge in [0.05, 0.1) is 4.90 Å². The molecule has 19 heavy (non-hydrogen) atoms. The summed E-state index contributed by atoms with van der Waals surface area (Å²) in [5, 5.41) is 0.514. The Balaban J connectivity index is 3.10. The van der Waals surface area contributed by atoms with Gasteiger partial charge in [-0.2, -0.15) is 16.8 Å². The topological polar surface area (TPSA) is 109 Å². The van der Waals surface area contributed by atoms with E-state index in [1.54, 1.807) is 12.1 Å². The van der Waals surface area contributed by atoms with Gasteiger partial charge in [-0.3, -0.25) is 9.11 Å². The first kappa shape index (κ1) is 13.9. The van der Waals surface area contributed by atoms with Crippen molar-refractivity contribution < 1.29 is 25.9 Å². The Morgan fingerprint density at radius 2 is 1.32 bits per heavy atom. The molecule has 2 N–H and O–H groups in total. The summed E-state index contributed by atoms with van der Waals surface area (Å²) in [5.41, 5.74) is 0.213. The van der Waals surface area contributed by atoms with Gasteiger partial charge in [0.2, 0.25) is 0 Å². The molecule has 0 aliphatic rings. The zero-order valence-electron chi connectivity index (χ0n) is 9.73. The second-order valence-corrected chi connectivity index (χ2v) is 6.77. The predicted octanol–water partition coefficient (Wildman–Crippen LogP) is 1.64. The molecule has 0 aliphatic carbocycles. The van der Waals surface area contributed by atoms with E-state index >= 15 is 0 Å². The maximum Gasteiger partial charge on any atom is 0.295 e. The summed E-state index contributed by atoms with van der Waals surface area (Å²) in [6.45, 7) is 1.44. The molecule has 8 heteroatoms. The maximum absolute atomic E-state index is 11.3. The molecule has 0 saturated carbocycles. The molecule has 2 rings (SSSR count). The lowest BCUT2D eigenvalue weighted by Gasteiger charge is -2.10. The van der Waals surface area contributed by atoms with Gasteiger partial charge < -0.3 is 0 Å². The smallest absolute Gasteiger partial charge is 0.282 e. The molecule has 0 aromatic heterocycles. The van der Waals surface area contributed by atoms with Gasteiger partial charge in [0, 0.05) is 5.39 Å². The second-order valence-electron chi connectivity index (χ2n) is 3.99. The quantitative estimate of drug-likeness (QED) is 0.816. The summed E-state index contributed by atoms with van der Waals surface area (Å²) in [5.74, 6) is 0. The second kappa shape index (κ2) is 4.27. The van der Waals surface area contributed by atoms with E-state index < -0.39 is 30.0 Å². The highest BCUT2D eigenvalue weighted by Crippen LogP contribution is 2.30. The number of benzene rings is 2. The van der Waals surface area contributed by atoms with Crippen molar-refractivity contribution in [2.75, 3.05) is 0 Å². The molecule has 0 bridgehead atoms. The highest BCUT2D eigenvalue weighted by molar-refractivity contribution is 7.86. The van der Waals surface area contributed by atoms with Gasteiger partial charge >= 0.3 is 0 Å². The minimum Gasteiger partial charge on any atom is -0.282 e. The van der Waals surface area contributed by atoms with Crippen molar-refractivity contribution in [3.05, 3.63) is 35.9 Å². The van der Waals surface area contributed by atoms with Crippen LogP contribution in [0.1, 0.15) is 5.56 Å². The van der Waals surface area contributed by atoms with E-state index in [4.69, 9.17) is 9.11 Å². The fourth-order valence-electron chi connectivity index (χ4n) is 1.94. The molecule has 0 unspecified atom stereocenters. The Labute approximate surface area is 110 Å². The average molecular weight is 302 g/mol. The van der Waals surface area contributed by atoms with Crippen molar-refractivity contribution >= 4 is 31.0 Å². The van der Waals surface area contributed by atoms with Gasteiger partial charge in [-0.05, 0) is 23.9 Å². The third-order valence-electron chi connectivity index (χ3n) is 2.78. The molecule has 102 valence electrons. The molecule has 2 aromatic carbocycles. The van der Waals surface area contributed by atoms with Crippen LogP contribution in [0.3, 0.4) is 0 Å². The Kier molecular flexibility index (Phi) is 3.13. The van der Waals surface area contributed by atoms with Crippen LogP contribution in [0.2, 0.25) is 0 Å². The summed E-state index contributed by atoms with van der Waals surface area (Å²) in [4.78, 5) is -1.10. The number of hydrogen-bond acceptors (Lipinski definition) is 4. The Morgan fingerprint density at radius 1 is 0.842 bits per heavy atom. The van der Waals surface area contributed by atoms with Crippen molar-refractivity contribution in [2.24, 2.45) is 0 Å². The lowest BCUT2D eigenvalue weighted by molar-refractivity contribution is 0.481. The third kappa shape index (κ3) is 2.47. The van der Waals surface area contributed by atoms with E-state index in [1.165, 1.54) is 19.1 Å². The lowest BCUT2D eigenvalue weighted by Crippen LogP contribution is -2.06. The Morgan fingerprint density at radius 3 is 1.79 bits per heavy atom. The molecule has 0 atom stereocenters. The molecule has 0 fully saturated rings. The highest BCUT2D eigenvalue weighted by Gasteiger charge is 2.22. The minimum absolute atomic E-state index is 0.190. The van der Waals surface area contributed by atoms with Crippen molar-refractivity contribution in [3.63, 3.8) is 0 Å². The normalized spacial score (nSPS) is 12.8. The molecule has 6 nitrogen and oxygen atoms in total. The molecule has 0 saturated heterocycles. The number of hydrogen-bond donors (Lipinski definition) is 2. The molecular weight excluding hydrogens is 292 g/mol. The van der Waals surface area contributed by atoms with Gasteiger partial charge in [0.25, 0.3) is 20.2 Å². The van der Waals surface area contributed by atoms with Crippen LogP contribution >= 0.6 is 0 Å². The SMILES string of the molecule is Cc1c(S(=O)(=O)O)cc(S(=O)(=O)O)c2ccccc12. The number of aryl methyl sites for hydroxylation is 1. The van der Waals surface area contributed by atoms with Gasteiger partial charge in [0.15, 0.2) is 0 Å². The molecule has 0 amide bonds. The van der Waals surface area contributed by atoms with Gasteiger partial charge in [-0.25, -0.2) is 0 Å². The van der Waals surface area contributed by atoms with E-state index in [2.05, 4.69) is 0 Å². The predicted molar refractivity (Wildman–Crippen MR) is 68.3 cm³/mol. The van der Waals surface area contributed by atoms with Crippen molar-refractivity contribution in [3.8, 4) is 0 Å². The monoisotopic (exact) mass is 302 g/mol. The first-order valence-electron chi connectivity index (χ1n) is 5.09. The van der Waals surface area contributed by atoms with E-state index in [1.807, 2.05) is 0 Å². The number of fused-ring (bicyclic) bond motifs is 1. The summed E-state index contributed by atoms with van der Waals surface area (Å²) < 4.78 is 63.4. The van der Waals surface area contributed by atoms with Crippen LogP contribution in [0.25, 0.3) is 10.8 Å². The third-order valence-corrected chi connectivity index (χ3v) is 4.66. The van der Waals surface area contributed by atoms with E-state index in [9.17, 15) is 16.8 Å². The summed E-state index contributed by atoms with van der Waals surface area (Å²) >= 11 is 0. The van der Waals surface area contributed by atoms with Crippen LogP contribution in [-0.2, 0) is 20.2 Å². The van der Waals surface area contributed by atoms with Crippen molar-refractivity contribution in [1.82, 2.24) is 0 Å². The summed E-state index contributed by atoms with van der Waals surface area (Å²) in [7, 11) is -9.19. The van der Waals surface area contributed by atoms with Crippen LogP contribution in [0, 0.1) is 6.92 Å². The molecule has 0 radical (unpaired) electrons. The molecule has 2 aromatic rings. The van der Waals surface area contributed by atoms with Gasteiger partial charge in [-0.15, -0.1) is 0 Å². The van der Waals surface area contributed by atoms with Crippen molar-refractivity contribution in [1.29, 1.82) is 0 Å². The molecule has 0 aliphatic heterocycles. The largest absolute Gasteiger partial charge is 0.295 e. The fraction of sp³-hybridized carbons (Fsp3) is 0.0909. The Hall–Kier alpha value is -1.48. The zero-order chi connectivity index (χ0) is 14.4. The van der Waals surface area contributed by atoms with Crippen LogP contribution in [0.4, 0.5) is 0 Å². The molecule has 0 spiro atoms. The Bertz CT molecular complexity index is 865. The van der Waals surface area contributed by atoms with Crippen molar-refractivity contribution in [2.45, 2.75) is 16.7 Å². The lowest BCUT2D eigenvalue weighted by atomic mass is 10.1. The summed E-state index contributed by atoms with van der Waals surface area (Å²) in [6.07, 6.45) is 0. The van der Waals surface area contributed by atoms with Crippen LogP contribution in [-0.4, -0.2) is 25.9 Å². The first-order chi connectivity index (χ1) is 8.62. The van der Waals surface area contributed by atoms with E-state index in [-0.39, 0.29) is 10.9 Å². The average Bonchev–Trinajstić information content (AvgIpc) is 2.26. The number of rotatable bonds is 2. The molecular formula is C11H10O6S2. The molecule has 0 heterocycles. The fourth-order valence-corrected chi connectivity index (χ4v) is 3.51. The van der Waals surface area contributed by atoms with Gasteiger partial charge in [-0.1, -0.05) is 24.3 Å². The zero-order valence-corrected chi connectivity index (χ0v) is 11.4. The van der Waals surface area contributed by atoms with E-state index in [0.29, 0.717) is 5.39 Å². The standard InChI is InChI=1S/C11H10O6S2/c1-7-8-4-2-3-5-9(8)11(19(15,16)17)6-10(7)18(12,13)14/h2-6H,1H3,(H,12,13,14)(H,15,16,17). The highest BCUT2D eigenvalue weighted by atomic mass is 32.2. The minimum atomic E-state index is -4.60. The van der Waals surface area contributed by atoms with E-state index in [0.717, 1.165) is 6.07 Å². The van der Waals surface area contributed by atoms with Crippen LogP contribution in [0.15, 0.2) is 40.1 Å². The summed E-state index contributed by atoms with van der Waals surface area (Å²) in [6, 6.07) is 6.86. The maximum atomic E-state index is 11.3. The van der Waals surface area contributed by atoms with Gasteiger partial charge in [0.1, 0.15) is 4.90 Å². The van der Waals surface area contributed by atoms with Crippen LogP contribution in [0.5, 0.6) is 0 Å². The first-order valence-corrected chi connectivity index (χ1v) is 7.97. The van der Waals surface area contributed by atoms with Crippen LogP contribution < -0.4 is 0 Å².